The SMILES string of the molecule is [CH3][Ge]([CH3])([CH3])[c]1cc(N(c2ccccc2)c2cc3c4ccccc4c(N(c4ccccc4)c4c[c]([Ge]([CH3])([CH3])[CH3])c[c]([Ge]([CH3])([CH3])[CH3])c4)cc3c3ccccc23)c[c]([Ge]([CH3])([CH3])[CH3])c1. The molecule has 0 unspecified atom stereocenters. The second kappa shape index (κ2) is 16.2. The van der Waals surface area contributed by atoms with E-state index in [0.717, 1.165) is 0 Å². The van der Waals surface area contributed by atoms with Crippen molar-refractivity contribution >= 4 is 137 Å². The molecule has 0 aliphatic carbocycles. The summed E-state index contributed by atoms with van der Waals surface area (Å²) in [6.45, 7) is 0. The zero-order valence-corrected chi connectivity index (χ0v) is 46.3. The van der Waals surface area contributed by atoms with Gasteiger partial charge in [0, 0.05) is 0 Å². The molecule has 0 atom stereocenters. The second-order valence-corrected chi connectivity index (χ2v) is 63.5. The van der Waals surface area contributed by atoms with Crippen molar-refractivity contribution in [3.63, 3.8) is 0 Å². The van der Waals surface area contributed by atoms with E-state index < -0.39 is 53.1 Å². The fourth-order valence-corrected chi connectivity index (χ4v) is 19.6. The molecule has 0 saturated carbocycles. The summed E-state index contributed by atoms with van der Waals surface area (Å²) in [5, 5.41) is 7.61. The molecule has 8 rings (SSSR count). The van der Waals surface area contributed by atoms with E-state index in [0.29, 0.717) is 0 Å². The van der Waals surface area contributed by atoms with Gasteiger partial charge in [0.05, 0.1) is 0 Å². The molecular formula is C54H62Ge4N2. The Morgan fingerprint density at radius 1 is 0.250 bits per heavy atom. The van der Waals surface area contributed by atoms with E-state index in [-0.39, 0.29) is 0 Å². The van der Waals surface area contributed by atoms with Crippen LogP contribution in [-0.4, -0.2) is 53.1 Å². The first-order valence-corrected chi connectivity index (χ1v) is 51.1. The average Bonchev–Trinajstić information content (AvgIpc) is 3.20. The Morgan fingerprint density at radius 2 is 0.517 bits per heavy atom. The molecule has 60 heavy (non-hydrogen) atoms. The predicted octanol–water partition coefficient (Wildman–Crippen LogP) is 14.3. The third-order valence-electron chi connectivity index (χ3n) is 12.2. The van der Waals surface area contributed by atoms with Gasteiger partial charge in [0.2, 0.25) is 0 Å². The van der Waals surface area contributed by atoms with Crippen LogP contribution in [0.3, 0.4) is 0 Å². The van der Waals surface area contributed by atoms with Crippen LogP contribution in [0, 0.1) is 0 Å². The molecule has 2 nitrogen and oxygen atoms in total. The molecular weight excluding hydrogens is 967 g/mol. The van der Waals surface area contributed by atoms with E-state index in [2.05, 4.69) is 237 Å². The topological polar surface area (TPSA) is 6.48 Å². The van der Waals surface area contributed by atoms with E-state index in [1.165, 1.54) is 66.4 Å². The normalized spacial score (nSPS) is 12.7. The van der Waals surface area contributed by atoms with Gasteiger partial charge in [0.1, 0.15) is 0 Å². The molecule has 8 aromatic rings. The molecule has 0 aliphatic heterocycles. The Labute approximate surface area is 370 Å². The van der Waals surface area contributed by atoms with Crippen molar-refractivity contribution in [2.75, 3.05) is 9.80 Å². The third-order valence-corrected chi connectivity index (χ3v) is 29.1. The minimum atomic E-state index is -2.24. The van der Waals surface area contributed by atoms with Crippen LogP contribution >= 0.6 is 0 Å². The van der Waals surface area contributed by atoms with Crippen molar-refractivity contribution < 1.29 is 0 Å². The van der Waals surface area contributed by atoms with Gasteiger partial charge in [-0.1, -0.05) is 0 Å². The van der Waals surface area contributed by atoms with Crippen LogP contribution in [0.4, 0.5) is 34.1 Å². The second-order valence-electron chi connectivity index (χ2n) is 20.9. The molecule has 0 bridgehead atoms. The van der Waals surface area contributed by atoms with Gasteiger partial charge in [-0.25, -0.2) is 0 Å². The number of hydrogen-bond donors (Lipinski definition) is 0. The monoisotopic (exact) mass is 1030 g/mol. The fourth-order valence-electron chi connectivity index (χ4n) is 8.50. The molecule has 0 aliphatic rings. The molecule has 0 spiro atoms. The van der Waals surface area contributed by atoms with Gasteiger partial charge >= 0.3 is 374 Å². The summed E-state index contributed by atoms with van der Waals surface area (Å²) >= 11 is -8.94. The van der Waals surface area contributed by atoms with Crippen LogP contribution in [0.5, 0.6) is 0 Å². The van der Waals surface area contributed by atoms with Crippen molar-refractivity contribution in [1.82, 2.24) is 0 Å². The summed E-state index contributed by atoms with van der Waals surface area (Å²) in [5.74, 6) is 30.4. The summed E-state index contributed by atoms with van der Waals surface area (Å²) in [4.78, 5) is 5.14. The number of benzene rings is 8. The zero-order chi connectivity index (χ0) is 42.8. The van der Waals surface area contributed by atoms with E-state index >= 15 is 0 Å². The molecule has 0 fully saturated rings. The maximum absolute atomic E-state index is 2.59. The predicted molar refractivity (Wildman–Crippen MR) is 280 cm³/mol. The minimum absolute atomic E-state index is 1.19. The van der Waals surface area contributed by atoms with Gasteiger partial charge in [0.25, 0.3) is 0 Å². The van der Waals surface area contributed by atoms with E-state index in [1.54, 1.807) is 17.6 Å². The van der Waals surface area contributed by atoms with Crippen LogP contribution in [0.2, 0.25) is 69.1 Å². The Morgan fingerprint density at radius 3 is 0.800 bits per heavy atom. The quantitative estimate of drug-likeness (QED) is 0.0995. The van der Waals surface area contributed by atoms with Gasteiger partial charge in [-0.15, -0.1) is 0 Å². The molecule has 304 valence electrons. The van der Waals surface area contributed by atoms with Crippen molar-refractivity contribution in [2.45, 2.75) is 69.1 Å². The number of rotatable bonds is 10. The summed E-state index contributed by atoms with van der Waals surface area (Å²) in [6.07, 6.45) is 0. The van der Waals surface area contributed by atoms with Crippen LogP contribution in [0.25, 0.3) is 32.3 Å². The van der Waals surface area contributed by atoms with Gasteiger partial charge in [-0.3, -0.25) is 0 Å². The van der Waals surface area contributed by atoms with Crippen molar-refractivity contribution in [1.29, 1.82) is 0 Å². The molecule has 8 aromatic carbocycles. The molecule has 0 amide bonds. The Kier molecular flexibility index (Phi) is 11.6. The van der Waals surface area contributed by atoms with Crippen LogP contribution in [0.1, 0.15) is 0 Å². The molecule has 6 heteroatoms. The molecule has 0 aromatic heterocycles. The average molecular weight is 1030 g/mol. The molecule has 0 radical (unpaired) electrons. The van der Waals surface area contributed by atoms with Crippen LogP contribution in [-0.2, 0) is 0 Å². The summed E-state index contributed by atoms with van der Waals surface area (Å²) in [7, 11) is 0. The van der Waals surface area contributed by atoms with Gasteiger partial charge < -0.3 is 0 Å². The number of para-hydroxylation sites is 2. The van der Waals surface area contributed by atoms with Crippen LogP contribution < -0.4 is 27.4 Å². The molecule has 0 saturated heterocycles. The summed E-state index contributed by atoms with van der Waals surface area (Å²) in [6, 6.07) is 60.8. The zero-order valence-electron chi connectivity index (χ0n) is 37.9. The Hall–Kier alpha value is -3.69. The van der Waals surface area contributed by atoms with E-state index in [9.17, 15) is 0 Å². The van der Waals surface area contributed by atoms with E-state index in [1.807, 2.05) is 0 Å². The van der Waals surface area contributed by atoms with Gasteiger partial charge in [0.15, 0.2) is 0 Å². The maximum atomic E-state index is 2.59. The third kappa shape index (κ3) is 8.56. The number of fused-ring (bicyclic) bond motifs is 5. The van der Waals surface area contributed by atoms with Gasteiger partial charge in [-0.2, -0.15) is 0 Å². The molecule has 0 heterocycles. The number of anilines is 6. The van der Waals surface area contributed by atoms with Crippen molar-refractivity contribution in [2.24, 2.45) is 0 Å². The summed E-state index contributed by atoms with van der Waals surface area (Å²) < 4.78 is 6.29. The fraction of sp³-hybridized carbons (Fsp3) is 0.222. The number of nitrogens with zero attached hydrogens (tertiary/aromatic N) is 2. The first-order chi connectivity index (χ1) is 28.3. The van der Waals surface area contributed by atoms with E-state index in [4.69, 9.17) is 0 Å². The Balaban J connectivity index is 1.48. The van der Waals surface area contributed by atoms with Gasteiger partial charge in [-0.05, 0) is 0 Å². The summed E-state index contributed by atoms with van der Waals surface area (Å²) in [5.41, 5.74) is 7.37. The first kappa shape index (κ1) is 43.0. The number of hydrogen-bond acceptors (Lipinski definition) is 2. The standard InChI is InChI=1S/C54H62Ge4N2/c1-55(2,3)39-31-40(56(4,5)6)34-45(33-39)59(43-23-15-13-16-24-43)53-37-51-48-28-20-22-30-50(48)54(38-52(51)47-27-19-21-29-49(47)53)60(44-25-17-14-18-26-44)46-35-41(57(7,8)9)32-42(36-46)58(10,11)12/h13-38H,1-12H3. The van der Waals surface area contributed by atoms with Crippen molar-refractivity contribution in [3.05, 3.63) is 158 Å². The molecule has 0 N–H and O–H groups in total. The van der Waals surface area contributed by atoms with Crippen molar-refractivity contribution in [3.8, 4) is 0 Å². The van der Waals surface area contributed by atoms with Crippen LogP contribution in [0.15, 0.2) is 158 Å². The Bertz CT molecular complexity index is 2600. The first-order valence-electron chi connectivity index (χ1n) is 21.7.